The molecular weight excluding hydrogens is 256 g/mol. The Kier molecular flexibility index (Phi) is 2.95. The van der Waals surface area contributed by atoms with Crippen molar-refractivity contribution in [2.45, 2.75) is 19.9 Å². The van der Waals surface area contributed by atoms with Crippen LogP contribution in [0.4, 0.5) is 0 Å². The summed E-state index contributed by atoms with van der Waals surface area (Å²) in [5.74, 6) is 0. The third-order valence-electron chi connectivity index (χ3n) is 3.15. The van der Waals surface area contributed by atoms with Crippen molar-refractivity contribution in [1.29, 1.82) is 0 Å². The van der Waals surface area contributed by atoms with Gasteiger partial charge in [-0.2, -0.15) is 5.10 Å². The van der Waals surface area contributed by atoms with Crippen molar-refractivity contribution in [1.82, 2.24) is 9.78 Å². The number of benzene rings is 1. The van der Waals surface area contributed by atoms with Crippen LogP contribution in [-0.4, -0.2) is 16.1 Å². The first-order chi connectivity index (χ1) is 9.20. The summed E-state index contributed by atoms with van der Waals surface area (Å²) in [4.78, 5) is 11.3. The van der Waals surface area contributed by atoms with Gasteiger partial charge >= 0.3 is 0 Å². The summed E-state index contributed by atoms with van der Waals surface area (Å²) in [6, 6.07) is 8.44. The zero-order valence-electron chi connectivity index (χ0n) is 10.8. The lowest BCUT2D eigenvalue weighted by atomic mass is 10.1. The third-order valence-corrected chi connectivity index (χ3v) is 4.11. The van der Waals surface area contributed by atoms with Gasteiger partial charge < -0.3 is 0 Å². The molecule has 3 aromatic rings. The molecule has 0 saturated carbocycles. The molecule has 0 bridgehead atoms. The van der Waals surface area contributed by atoms with E-state index in [2.05, 4.69) is 36.5 Å². The molecule has 96 valence electrons. The third kappa shape index (κ3) is 1.98. The molecule has 0 spiro atoms. The molecule has 0 aliphatic heterocycles. The van der Waals surface area contributed by atoms with Gasteiger partial charge in [0.2, 0.25) is 0 Å². The first-order valence-corrected chi connectivity index (χ1v) is 7.09. The molecule has 0 N–H and O–H groups in total. The van der Waals surface area contributed by atoms with Crippen molar-refractivity contribution in [3.8, 4) is 11.3 Å². The van der Waals surface area contributed by atoms with Crippen molar-refractivity contribution in [3.05, 3.63) is 41.4 Å². The minimum atomic E-state index is 0.245. The summed E-state index contributed by atoms with van der Waals surface area (Å²) >= 11 is 1.68. The Bertz CT molecular complexity index is 740. The quantitative estimate of drug-likeness (QED) is 0.670. The van der Waals surface area contributed by atoms with E-state index in [0.717, 1.165) is 17.5 Å². The molecule has 0 unspecified atom stereocenters. The summed E-state index contributed by atoms with van der Waals surface area (Å²) in [5.41, 5.74) is 2.46. The fraction of sp³-hybridized carbons (Fsp3) is 0.200. The molecular formula is C15H14N2OS. The van der Waals surface area contributed by atoms with Crippen molar-refractivity contribution < 1.29 is 4.79 Å². The van der Waals surface area contributed by atoms with Gasteiger partial charge in [0.25, 0.3) is 0 Å². The second-order valence-electron chi connectivity index (χ2n) is 4.77. The molecule has 2 aromatic heterocycles. The molecule has 0 fully saturated rings. The number of hydrogen-bond acceptors (Lipinski definition) is 3. The van der Waals surface area contributed by atoms with Gasteiger partial charge in [-0.3, -0.25) is 9.48 Å². The van der Waals surface area contributed by atoms with Crippen LogP contribution in [0.3, 0.4) is 0 Å². The van der Waals surface area contributed by atoms with Crippen LogP contribution in [0.15, 0.2) is 35.8 Å². The number of fused-ring (bicyclic) bond motifs is 1. The molecule has 0 amide bonds. The fourth-order valence-electron chi connectivity index (χ4n) is 2.15. The van der Waals surface area contributed by atoms with E-state index in [1.165, 1.54) is 10.1 Å². The Morgan fingerprint density at radius 3 is 2.89 bits per heavy atom. The minimum absolute atomic E-state index is 0.245. The Morgan fingerprint density at radius 1 is 1.32 bits per heavy atom. The SMILES string of the molecule is CC(C)n1cc(C=O)c(-c2cccc3ccsc23)n1. The van der Waals surface area contributed by atoms with Crippen LogP contribution in [-0.2, 0) is 0 Å². The first kappa shape index (κ1) is 12.1. The highest BCUT2D eigenvalue weighted by atomic mass is 32.1. The molecule has 0 saturated heterocycles. The normalized spacial score (nSPS) is 11.3. The maximum Gasteiger partial charge on any atom is 0.153 e. The predicted octanol–water partition coefficient (Wildman–Crippen LogP) is 4.16. The van der Waals surface area contributed by atoms with Gasteiger partial charge in [0.1, 0.15) is 5.69 Å². The van der Waals surface area contributed by atoms with Gasteiger partial charge in [-0.1, -0.05) is 18.2 Å². The predicted molar refractivity (Wildman–Crippen MR) is 78.8 cm³/mol. The maximum atomic E-state index is 11.3. The van der Waals surface area contributed by atoms with Crippen LogP contribution in [0.5, 0.6) is 0 Å². The van der Waals surface area contributed by atoms with E-state index in [1.807, 2.05) is 23.0 Å². The Hall–Kier alpha value is -1.94. The van der Waals surface area contributed by atoms with Gasteiger partial charge in [0.15, 0.2) is 6.29 Å². The van der Waals surface area contributed by atoms with Crippen LogP contribution < -0.4 is 0 Å². The average molecular weight is 270 g/mol. The number of hydrogen-bond donors (Lipinski definition) is 0. The number of nitrogens with zero attached hydrogens (tertiary/aromatic N) is 2. The van der Waals surface area contributed by atoms with Crippen molar-refractivity contribution in [2.75, 3.05) is 0 Å². The number of rotatable bonds is 3. The number of thiophene rings is 1. The zero-order valence-corrected chi connectivity index (χ0v) is 11.6. The van der Waals surface area contributed by atoms with E-state index in [4.69, 9.17) is 0 Å². The molecule has 3 rings (SSSR count). The molecule has 1 aromatic carbocycles. The van der Waals surface area contributed by atoms with Crippen LogP contribution in [0, 0.1) is 0 Å². The summed E-state index contributed by atoms with van der Waals surface area (Å²) < 4.78 is 3.02. The van der Waals surface area contributed by atoms with Crippen molar-refractivity contribution in [3.63, 3.8) is 0 Å². The molecule has 0 radical (unpaired) electrons. The molecule has 4 heteroatoms. The number of carbonyl (C=O) groups is 1. The Morgan fingerprint density at radius 2 is 2.16 bits per heavy atom. The smallest absolute Gasteiger partial charge is 0.153 e. The molecule has 2 heterocycles. The van der Waals surface area contributed by atoms with Crippen LogP contribution in [0.2, 0.25) is 0 Å². The highest BCUT2D eigenvalue weighted by Gasteiger charge is 2.14. The summed E-state index contributed by atoms with van der Waals surface area (Å²) in [6.07, 6.45) is 2.70. The first-order valence-electron chi connectivity index (χ1n) is 6.21. The topological polar surface area (TPSA) is 34.9 Å². The summed E-state index contributed by atoms with van der Waals surface area (Å²) in [6.45, 7) is 4.11. The van der Waals surface area contributed by atoms with E-state index >= 15 is 0 Å². The van der Waals surface area contributed by atoms with Crippen LogP contribution in [0.1, 0.15) is 30.2 Å². The van der Waals surface area contributed by atoms with Crippen LogP contribution in [0.25, 0.3) is 21.3 Å². The van der Waals surface area contributed by atoms with Crippen molar-refractivity contribution >= 4 is 27.7 Å². The largest absolute Gasteiger partial charge is 0.298 e. The second kappa shape index (κ2) is 4.63. The molecule has 0 aliphatic rings. The molecule has 0 aliphatic carbocycles. The van der Waals surface area contributed by atoms with Gasteiger partial charge in [0, 0.05) is 22.5 Å². The molecule has 3 nitrogen and oxygen atoms in total. The van der Waals surface area contributed by atoms with Crippen molar-refractivity contribution in [2.24, 2.45) is 0 Å². The summed E-state index contributed by atoms with van der Waals surface area (Å²) in [5, 5.41) is 7.83. The van der Waals surface area contributed by atoms with E-state index < -0.39 is 0 Å². The highest BCUT2D eigenvalue weighted by molar-refractivity contribution is 7.17. The standard InChI is InChI=1S/C15H14N2OS/c1-10(2)17-8-12(9-18)14(16-17)13-5-3-4-11-6-7-19-15(11)13/h3-10H,1-2H3. The minimum Gasteiger partial charge on any atom is -0.298 e. The summed E-state index contributed by atoms with van der Waals surface area (Å²) in [7, 11) is 0. The lowest BCUT2D eigenvalue weighted by Crippen LogP contribution is -2.00. The number of aromatic nitrogens is 2. The zero-order chi connectivity index (χ0) is 13.4. The van der Waals surface area contributed by atoms with Gasteiger partial charge in [-0.05, 0) is 30.7 Å². The van der Waals surface area contributed by atoms with E-state index in [0.29, 0.717) is 5.56 Å². The average Bonchev–Trinajstić information content (AvgIpc) is 3.04. The lowest BCUT2D eigenvalue weighted by molar-refractivity contribution is 0.112. The second-order valence-corrected chi connectivity index (χ2v) is 5.69. The van der Waals surface area contributed by atoms with Crippen LogP contribution >= 0.6 is 11.3 Å². The molecule has 19 heavy (non-hydrogen) atoms. The highest BCUT2D eigenvalue weighted by Crippen LogP contribution is 2.33. The van der Waals surface area contributed by atoms with E-state index in [1.54, 1.807) is 11.3 Å². The number of aldehydes is 1. The van der Waals surface area contributed by atoms with Gasteiger partial charge in [-0.25, -0.2) is 0 Å². The number of carbonyl (C=O) groups excluding carboxylic acids is 1. The Balaban J connectivity index is 2.26. The fourth-order valence-corrected chi connectivity index (χ4v) is 3.06. The van der Waals surface area contributed by atoms with Gasteiger partial charge in [-0.15, -0.1) is 11.3 Å². The monoisotopic (exact) mass is 270 g/mol. The van der Waals surface area contributed by atoms with Gasteiger partial charge in [0.05, 0.1) is 5.56 Å². The molecule has 0 atom stereocenters. The van der Waals surface area contributed by atoms with E-state index in [9.17, 15) is 4.79 Å². The Labute approximate surface area is 115 Å². The van der Waals surface area contributed by atoms with E-state index in [-0.39, 0.29) is 6.04 Å². The lowest BCUT2D eigenvalue weighted by Gasteiger charge is -2.04. The maximum absolute atomic E-state index is 11.3.